The van der Waals surface area contributed by atoms with Gasteiger partial charge >= 0.3 is 52.3 Å². The van der Waals surface area contributed by atoms with Crippen LogP contribution in [0.5, 0.6) is 0 Å². The normalized spacial score (nSPS) is 8.43. The molecule has 0 rings (SSSR count). The monoisotopic (exact) mass is 151 g/mol. The van der Waals surface area contributed by atoms with Crippen LogP contribution in [0.3, 0.4) is 0 Å². The fourth-order valence-corrected chi connectivity index (χ4v) is 0.536. The van der Waals surface area contributed by atoms with Gasteiger partial charge in [-0.05, 0) is 0 Å². The van der Waals surface area contributed by atoms with Gasteiger partial charge in [-0.25, -0.2) is 0 Å². The number of hydrogen-bond acceptors (Lipinski definition) is 2. The number of carbonyl (C=O) groups is 1. The summed E-state index contributed by atoms with van der Waals surface area (Å²) >= 11 is 0.999. The number of hydrogen-bond donors (Lipinski definition) is 0. The van der Waals surface area contributed by atoms with E-state index in [0.29, 0.717) is 11.6 Å². The molecule has 0 aromatic heterocycles. The Kier molecular flexibility index (Phi) is 4.31. The van der Waals surface area contributed by atoms with Gasteiger partial charge in [0.15, 0.2) is 0 Å². The molecule has 0 aromatic carbocycles. The first-order valence-corrected chi connectivity index (χ1v) is 4.36. The van der Waals surface area contributed by atoms with Crippen LogP contribution >= 0.6 is 0 Å². The van der Waals surface area contributed by atoms with Crippen molar-refractivity contribution in [3.05, 3.63) is 0 Å². The third kappa shape index (κ3) is 3.94. The molecule has 0 unspecified atom stereocenters. The molecule has 0 aliphatic carbocycles. The molecule has 37 valence electrons. The molecule has 0 heterocycles. The summed E-state index contributed by atoms with van der Waals surface area (Å²) in [5.41, 5.74) is 0. The van der Waals surface area contributed by atoms with Crippen molar-refractivity contribution in [2.24, 2.45) is 0 Å². The second-order valence-electron chi connectivity index (χ2n) is 1.06. The average molecular weight is 152 g/mol. The van der Waals surface area contributed by atoms with Crippen LogP contribution in [0, 0.1) is 0 Å². The molecule has 0 fully saturated rings. The molecule has 0 saturated carbocycles. The Morgan fingerprint density at radius 2 is 2.43 bits per heavy atom. The Hall–Kier alpha value is 0.0934. The van der Waals surface area contributed by atoms with Crippen LogP contribution in [0.15, 0.2) is 0 Å². The average Bonchev–Trinajstić information content (AvgIpc) is 1.68. The van der Waals surface area contributed by atoms with E-state index in [0.717, 1.165) is 18.3 Å². The first kappa shape index (κ1) is 7.09. The van der Waals surface area contributed by atoms with Crippen molar-refractivity contribution in [1.29, 1.82) is 0 Å². The maximum atomic E-state index is 10.2. The zero-order chi connectivity index (χ0) is 5.70. The molecule has 2 nitrogen and oxygen atoms in total. The van der Waals surface area contributed by atoms with Crippen LogP contribution < -0.4 is 0 Å². The standard InChI is InChI=1S/C4H7O2.Zn/c1-3-6-4(2)5;/h2-3H2,1H3;. The summed E-state index contributed by atoms with van der Waals surface area (Å²) in [4.78, 5) is 10.2. The third-order valence-corrected chi connectivity index (χ3v) is 1.37. The van der Waals surface area contributed by atoms with Gasteiger partial charge < -0.3 is 0 Å². The van der Waals surface area contributed by atoms with E-state index in [4.69, 9.17) is 0 Å². The number of rotatable bonds is 2. The third-order valence-electron chi connectivity index (χ3n) is 0.509. The van der Waals surface area contributed by atoms with Crippen molar-refractivity contribution in [1.82, 2.24) is 0 Å². The Labute approximate surface area is 52.9 Å². The molecule has 0 radical (unpaired) electrons. The Bertz CT molecular complexity index is 62.7. The number of carbonyl (C=O) groups excluding carboxylic acids is 1. The van der Waals surface area contributed by atoms with Gasteiger partial charge in [0.05, 0.1) is 0 Å². The predicted molar refractivity (Wildman–Crippen MR) is 21.4 cm³/mol. The molecular formula is C4H7O2Zn. The molecule has 0 N–H and O–H groups in total. The van der Waals surface area contributed by atoms with E-state index in [1.807, 2.05) is 6.92 Å². The van der Waals surface area contributed by atoms with Crippen molar-refractivity contribution in [3.8, 4) is 0 Å². The molecule has 0 spiro atoms. The molecule has 0 aromatic rings. The summed E-state index contributed by atoms with van der Waals surface area (Å²) in [6.45, 7) is 2.33. The molecule has 3 heteroatoms. The van der Waals surface area contributed by atoms with Crippen molar-refractivity contribution in [2.75, 3.05) is 6.61 Å². The van der Waals surface area contributed by atoms with Gasteiger partial charge in [0.2, 0.25) is 0 Å². The van der Waals surface area contributed by atoms with Crippen LogP contribution in [-0.2, 0) is 27.8 Å². The molecule has 0 aliphatic rings. The SMILES string of the molecule is CCOC(=O)[CH2][Zn]. The second kappa shape index (κ2) is 4.26. The molecular weight excluding hydrogens is 145 g/mol. The minimum absolute atomic E-state index is 0.0671. The first-order valence-electron chi connectivity index (χ1n) is 2.26. The van der Waals surface area contributed by atoms with Gasteiger partial charge in [0.25, 0.3) is 0 Å². The fraction of sp³-hybridized carbons (Fsp3) is 0.750. The van der Waals surface area contributed by atoms with Gasteiger partial charge in [-0.1, -0.05) is 0 Å². The van der Waals surface area contributed by atoms with Crippen LogP contribution in [-0.4, -0.2) is 12.6 Å². The maximum absolute atomic E-state index is 10.2. The van der Waals surface area contributed by atoms with Crippen LogP contribution in [0.1, 0.15) is 6.92 Å². The molecule has 7 heavy (non-hydrogen) atoms. The second-order valence-corrected chi connectivity index (χ2v) is 2.10. The van der Waals surface area contributed by atoms with E-state index >= 15 is 0 Å². The summed E-state index contributed by atoms with van der Waals surface area (Å²) in [6, 6.07) is 0. The van der Waals surface area contributed by atoms with Crippen molar-refractivity contribution >= 4 is 5.97 Å². The van der Waals surface area contributed by atoms with Gasteiger partial charge in [0, 0.05) is 0 Å². The van der Waals surface area contributed by atoms with E-state index in [9.17, 15) is 4.79 Å². The van der Waals surface area contributed by atoms with Gasteiger partial charge in [-0.2, -0.15) is 0 Å². The van der Waals surface area contributed by atoms with E-state index in [2.05, 4.69) is 4.74 Å². The topological polar surface area (TPSA) is 26.3 Å². The van der Waals surface area contributed by atoms with E-state index in [1.165, 1.54) is 0 Å². The van der Waals surface area contributed by atoms with Gasteiger partial charge in [-0.3, -0.25) is 0 Å². The Morgan fingerprint density at radius 1 is 1.86 bits per heavy atom. The molecule has 0 saturated heterocycles. The zero-order valence-corrected chi connectivity index (χ0v) is 7.40. The van der Waals surface area contributed by atoms with Crippen LogP contribution in [0.4, 0.5) is 0 Å². The van der Waals surface area contributed by atoms with Crippen molar-refractivity contribution in [2.45, 2.75) is 11.9 Å². The zero-order valence-electron chi connectivity index (χ0n) is 4.44. The van der Waals surface area contributed by atoms with Gasteiger partial charge in [0.1, 0.15) is 0 Å². The number of ether oxygens (including phenoxy) is 1. The van der Waals surface area contributed by atoms with Gasteiger partial charge in [-0.15, -0.1) is 0 Å². The summed E-state index contributed by atoms with van der Waals surface area (Å²) < 4.78 is 4.58. The Balaban J connectivity index is 3.00. The first-order chi connectivity index (χ1) is 3.31. The molecule has 0 aliphatic heterocycles. The minimum atomic E-state index is -0.0671. The Morgan fingerprint density at radius 3 is 2.57 bits per heavy atom. The summed E-state index contributed by atoms with van der Waals surface area (Å²) in [5, 5.41) is 0.605. The van der Waals surface area contributed by atoms with Crippen LogP contribution in [0.25, 0.3) is 0 Å². The molecule has 0 amide bonds. The van der Waals surface area contributed by atoms with Crippen LogP contribution in [0.2, 0.25) is 5.02 Å². The van der Waals surface area contributed by atoms with E-state index in [-0.39, 0.29) is 5.97 Å². The van der Waals surface area contributed by atoms with Crippen molar-refractivity contribution < 1.29 is 27.8 Å². The van der Waals surface area contributed by atoms with E-state index in [1.54, 1.807) is 0 Å². The summed E-state index contributed by atoms with van der Waals surface area (Å²) in [6.07, 6.45) is 0. The summed E-state index contributed by atoms with van der Waals surface area (Å²) in [5.74, 6) is -0.0671. The van der Waals surface area contributed by atoms with E-state index < -0.39 is 0 Å². The predicted octanol–water partition coefficient (Wildman–Crippen LogP) is 0.515. The fourth-order valence-electron chi connectivity index (χ4n) is 0.233. The number of esters is 1. The quantitative estimate of drug-likeness (QED) is 0.426. The molecule has 0 bridgehead atoms. The molecule has 0 atom stereocenters. The van der Waals surface area contributed by atoms with Crippen molar-refractivity contribution in [3.63, 3.8) is 0 Å². The summed E-state index contributed by atoms with van der Waals surface area (Å²) in [7, 11) is 0.